The predicted molar refractivity (Wildman–Crippen MR) is 102 cm³/mol. The van der Waals surface area contributed by atoms with Crippen LogP contribution in [0.1, 0.15) is 51.4 Å². The molecular formula is C19H25BrFN3O. The summed E-state index contributed by atoms with van der Waals surface area (Å²) in [5, 5.41) is 0.446. The Kier molecular flexibility index (Phi) is 5.58. The molecule has 0 saturated carbocycles. The van der Waals surface area contributed by atoms with Crippen molar-refractivity contribution in [3.63, 3.8) is 0 Å². The molecule has 0 amide bonds. The lowest BCUT2D eigenvalue weighted by atomic mass is 9.97. The Morgan fingerprint density at radius 2 is 2.20 bits per heavy atom. The first-order valence-electron chi connectivity index (χ1n) is 9.02. The fourth-order valence-electron chi connectivity index (χ4n) is 3.84. The van der Waals surface area contributed by atoms with Gasteiger partial charge in [0.25, 0.3) is 5.56 Å². The van der Waals surface area contributed by atoms with Gasteiger partial charge >= 0.3 is 0 Å². The van der Waals surface area contributed by atoms with Crippen LogP contribution < -0.4 is 5.56 Å². The van der Waals surface area contributed by atoms with Crippen molar-refractivity contribution >= 4 is 26.8 Å². The number of halogens is 2. The van der Waals surface area contributed by atoms with E-state index in [4.69, 9.17) is 4.98 Å². The molecule has 0 radical (unpaired) electrons. The average molecular weight is 410 g/mol. The summed E-state index contributed by atoms with van der Waals surface area (Å²) in [6.45, 7) is 6.47. The van der Waals surface area contributed by atoms with Crippen molar-refractivity contribution in [1.29, 1.82) is 0 Å². The first-order chi connectivity index (χ1) is 11.9. The van der Waals surface area contributed by atoms with Gasteiger partial charge in [0.2, 0.25) is 0 Å². The molecule has 0 spiro atoms. The van der Waals surface area contributed by atoms with Crippen molar-refractivity contribution in [3.8, 4) is 0 Å². The van der Waals surface area contributed by atoms with Crippen molar-refractivity contribution in [2.75, 3.05) is 13.1 Å². The van der Waals surface area contributed by atoms with Crippen LogP contribution in [0, 0.1) is 11.7 Å². The van der Waals surface area contributed by atoms with E-state index < -0.39 is 5.82 Å². The maximum absolute atomic E-state index is 14.0. The van der Waals surface area contributed by atoms with Gasteiger partial charge in [-0.15, -0.1) is 0 Å². The predicted octanol–water partition coefficient (Wildman–Crippen LogP) is 4.41. The maximum Gasteiger partial charge on any atom is 0.261 e. The lowest BCUT2D eigenvalue weighted by molar-refractivity contribution is 0.115. The summed E-state index contributed by atoms with van der Waals surface area (Å²) in [6.07, 6.45) is 4.37. The molecule has 2 aromatic rings. The highest BCUT2D eigenvalue weighted by atomic mass is 79.9. The first-order valence-corrected chi connectivity index (χ1v) is 9.81. The van der Waals surface area contributed by atoms with Crippen molar-refractivity contribution in [1.82, 2.24) is 14.5 Å². The minimum Gasteiger partial charge on any atom is -0.298 e. The van der Waals surface area contributed by atoms with Gasteiger partial charge in [-0.05, 0) is 53.7 Å². The molecule has 1 fully saturated rings. The number of piperidine rings is 1. The van der Waals surface area contributed by atoms with Gasteiger partial charge < -0.3 is 0 Å². The van der Waals surface area contributed by atoms with Gasteiger partial charge in [-0.25, -0.2) is 9.37 Å². The second-order valence-electron chi connectivity index (χ2n) is 7.16. The van der Waals surface area contributed by atoms with E-state index in [1.165, 1.54) is 25.0 Å². The van der Waals surface area contributed by atoms with Gasteiger partial charge in [0.15, 0.2) is 0 Å². The van der Waals surface area contributed by atoms with Crippen LogP contribution in [-0.2, 0) is 7.05 Å². The summed E-state index contributed by atoms with van der Waals surface area (Å²) < 4.78 is 15.9. The highest BCUT2D eigenvalue weighted by Crippen LogP contribution is 2.30. The van der Waals surface area contributed by atoms with E-state index in [0.717, 1.165) is 31.8 Å². The second-order valence-corrected chi connectivity index (χ2v) is 8.02. The Balaban J connectivity index is 2.12. The number of benzene rings is 1. The second kappa shape index (κ2) is 7.54. The molecule has 0 unspecified atom stereocenters. The van der Waals surface area contributed by atoms with E-state index in [1.807, 2.05) is 0 Å². The molecule has 6 heteroatoms. The van der Waals surface area contributed by atoms with Crippen molar-refractivity contribution in [3.05, 3.63) is 38.6 Å². The molecule has 2 atom stereocenters. The molecule has 3 rings (SSSR count). The number of fused-ring (bicyclic) bond motifs is 1. The molecule has 0 bridgehead atoms. The summed E-state index contributed by atoms with van der Waals surface area (Å²) in [6, 6.07) is 2.98. The molecule has 2 heterocycles. The third-order valence-corrected chi connectivity index (χ3v) is 5.75. The molecular weight excluding hydrogens is 385 g/mol. The number of rotatable bonds is 4. The third-order valence-electron chi connectivity index (χ3n) is 5.14. The molecule has 1 aliphatic heterocycles. The van der Waals surface area contributed by atoms with Gasteiger partial charge in [0, 0.05) is 19.7 Å². The van der Waals surface area contributed by atoms with Crippen molar-refractivity contribution in [2.24, 2.45) is 13.0 Å². The number of likely N-dealkylation sites (tertiary alicyclic amines) is 1. The Labute approximate surface area is 156 Å². The monoisotopic (exact) mass is 409 g/mol. The topological polar surface area (TPSA) is 38.1 Å². The quantitative estimate of drug-likeness (QED) is 0.750. The zero-order valence-corrected chi connectivity index (χ0v) is 16.6. The van der Waals surface area contributed by atoms with Gasteiger partial charge in [-0.1, -0.05) is 20.3 Å². The summed E-state index contributed by atoms with van der Waals surface area (Å²) in [5.41, 5.74) is 0.317. The fourth-order valence-corrected chi connectivity index (χ4v) is 4.18. The molecule has 0 N–H and O–H groups in total. The molecule has 0 aliphatic carbocycles. The van der Waals surface area contributed by atoms with Crippen LogP contribution in [0.5, 0.6) is 0 Å². The zero-order valence-electron chi connectivity index (χ0n) is 15.1. The van der Waals surface area contributed by atoms with Crippen LogP contribution in [0.4, 0.5) is 4.39 Å². The number of nitrogens with zero attached hydrogens (tertiary/aromatic N) is 3. The standard InChI is InChI=1S/C19H25BrFN3O/c1-4-6-17(24-8-5-7-12(2)11-24)18-22-16-10-15(21)14(20)9-13(16)19(25)23(18)3/h9-10,12,17H,4-8,11H2,1-3H3/t12-,17+/m1/s1. The molecule has 1 aromatic carbocycles. The zero-order chi connectivity index (χ0) is 18.1. The third kappa shape index (κ3) is 3.65. The SMILES string of the molecule is CCC[C@@H](c1nc2cc(F)c(Br)cc2c(=O)n1C)N1CCC[C@@H](C)C1. The van der Waals surface area contributed by atoms with E-state index in [1.54, 1.807) is 11.6 Å². The Bertz CT molecular complexity index is 836. The van der Waals surface area contributed by atoms with Crippen LogP contribution in [0.3, 0.4) is 0 Å². The molecule has 4 nitrogen and oxygen atoms in total. The number of hydrogen-bond donors (Lipinski definition) is 0. The Morgan fingerprint density at radius 1 is 1.44 bits per heavy atom. The van der Waals surface area contributed by atoms with E-state index in [-0.39, 0.29) is 11.6 Å². The van der Waals surface area contributed by atoms with E-state index in [0.29, 0.717) is 21.3 Å². The highest BCUT2D eigenvalue weighted by molar-refractivity contribution is 9.10. The summed E-state index contributed by atoms with van der Waals surface area (Å²) in [5.74, 6) is 1.01. The first kappa shape index (κ1) is 18.5. The highest BCUT2D eigenvalue weighted by Gasteiger charge is 2.28. The molecule has 25 heavy (non-hydrogen) atoms. The van der Waals surface area contributed by atoms with Crippen LogP contribution in [0.25, 0.3) is 10.9 Å². The largest absolute Gasteiger partial charge is 0.298 e. The van der Waals surface area contributed by atoms with Crippen LogP contribution in [-0.4, -0.2) is 27.5 Å². The summed E-state index contributed by atoms with van der Waals surface area (Å²) in [7, 11) is 1.78. The van der Waals surface area contributed by atoms with E-state index in [9.17, 15) is 9.18 Å². The van der Waals surface area contributed by atoms with Gasteiger partial charge in [-0.3, -0.25) is 14.3 Å². The average Bonchev–Trinajstić information content (AvgIpc) is 2.58. The molecule has 136 valence electrons. The lowest BCUT2D eigenvalue weighted by Gasteiger charge is -2.37. The summed E-state index contributed by atoms with van der Waals surface area (Å²) >= 11 is 3.16. The van der Waals surface area contributed by atoms with Crippen LogP contribution in [0.2, 0.25) is 0 Å². The Morgan fingerprint density at radius 3 is 2.88 bits per heavy atom. The normalized spacial score (nSPS) is 20.1. The number of aromatic nitrogens is 2. The maximum atomic E-state index is 14.0. The minimum absolute atomic E-state index is 0.0987. The van der Waals surface area contributed by atoms with Crippen molar-refractivity contribution in [2.45, 2.75) is 45.6 Å². The van der Waals surface area contributed by atoms with Gasteiger partial charge in [0.1, 0.15) is 11.6 Å². The van der Waals surface area contributed by atoms with Crippen LogP contribution in [0.15, 0.2) is 21.4 Å². The fraction of sp³-hybridized carbons (Fsp3) is 0.579. The Hall–Kier alpha value is -1.27. The van der Waals surface area contributed by atoms with Crippen molar-refractivity contribution < 1.29 is 4.39 Å². The smallest absolute Gasteiger partial charge is 0.261 e. The molecule has 1 aliphatic rings. The minimum atomic E-state index is -0.391. The van der Waals surface area contributed by atoms with Gasteiger partial charge in [0.05, 0.1) is 21.4 Å². The molecule has 1 saturated heterocycles. The van der Waals surface area contributed by atoms with E-state index in [2.05, 4.69) is 34.7 Å². The molecule has 1 aromatic heterocycles. The van der Waals surface area contributed by atoms with E-state index >= 15 is 0 Å². The van der Waals surface area contributed by atoms with Crippen LogP contribution >= 0.6 is 15.9 Å². The summed E-state index contributed by atoms with van der Waals surface area (Å²) in [4.78, 5) is 20.0. The lowest BCUT2D eigenvalue weighted by Crippen LogP contribution is -2.40. The number of hydrogen-bond acceptors (Lipinski definition) is 3. The van der Waals surface area contributed by atoms with Gasteiger partial charge in [-0.2, -0.15) is 0 Å².